The van der Waals surface area contributed by atoms with Gasteiger partial charge in [-0.25, -0.2) is 0 Å². The van der Waals surface area contributed by atoms with Gasteiger partial charge in [-0.2, -0.15) is 0 Å². The second kappa shape index (κ2) is 13.9. The molecule has 4 aromatic carbocycles. The van der Waals surface area contributed by atoms with E-state index in [0.717, 1.165) is 113 Å². The maximum absolute atomic E-state index is 6.62. The Morgan fingerprint density at radius 1 is 0.537 bits per heavy atom. The van der Waals surface area contributed by atoms with Gasteiger partial charge in [0.05, 0.1) is 22.6 Å². The topological polar surface area (TPSA) is 77.8 Å². The van der Waals surface area contributed by atoms with Crippen LogP contribution in [0.5, 0.6) is 0 Å². The third kappa shape index (κ3) is 7.38. The Bertz CT molecular complexity index is 2500. The van der Waals surface area contributed by atoms with Gasteiger partial charge >= 0.3 is 21.1 Å². The molecule has 0 spiro atoms. The van der Waals surface area contributed by atoms with E-state index in [2.05, 4.69) is 118 Å². The van der Waals surface area contributed by atoms with Crippen molar-refractivity contribution in [2.45, 2.75) is 88.5 Å². The molecule has 0 fully saturated rings. The summed E-state index contributed by atoms with van der Waals surface area (Å²) in [6.45, 7) is 21.8. The quantitative estimate of drug-likeness (QED) is 0.155. The van der Waals surface area contributed by atoms with E-state index in [1.807, 2.05) is 24.8 Å². The number of nitrogens with zero attached hydrogens (tertiary/aromatic N) is 4. The van der Waals surface area contributed by atoms with Crippen molar-refractivity contribution in [1.29, 1.82) is 0 Å². The molecule has 0 radical (unpaired) electrons. The average Bonchev–Trinajstić information content (AvgIpc) is 3.61. The van der Waals surface area contributed by atoms with Gasteiger partial charge in [0.1, 0.15) is 11.2 Å². The van der Waals surface area contributed by atoms with Gasteiger partial charge in [-0.3, -0.25) is 9.97 Å². The molecule has 0 atom stereocenters. The van der Waals surface area contributed by atoms with Gasteiger partial charge in [-0.15, -0.1) is 35.4 Å². The summed E-state index contributed by atoms with van der Waals surface area (Å²) in [7, 11) is 0. The standard InChI is InChI=1S/C47H46N4O2.Pt/c1-26-11-28(3)42-36-18-30(16-34(44(36)52-40(42)13-26)38-24-48-32(22-50-38)20-46(5,6)7)15-31-17-35(39-25-49-33(23-51-39)21-47(8,9)10)45-37(19-31)43-29(4)12-27(2)14-41(43)53-45;/h11-14,18-19,22-25H,15,20-21H2,1-10H3;/q-2;+2. The van der Waals surface area contributed by atoms with Gasteiger partial charge < -0.3 is 18.8 Å². The molecule has 0 saturated carbocycles. The van der Waals surface area contributed by atoms with Crippen LogP contribution < -0.4 is 0 Å². The molecule has 54 heavy (non-hydrogen) atoms. The van der Waals surface area contributed by atoms with Crippen molar-refractivity contribution >= 4 is 43.9 Å². The van der Waals surface area contributed by atoms with Crippen molar-refractivity contribution < 1.29 is 29.9 Å². The van der Waals surface area contributed by atoms with Crippen LogP contribution in [0.4, 0.5) is 0 Å². The van der Waals surface area contributed by atoms with Gasteiger partial charge in [-0.05, 0) is 92.2 Å². The van der Waals surface area contributed by atoms with Crippen molar-refractivity contribution in [3.8, 4) is 22.5 Å². The second-order valence-corrected chi connectivity index (χ2v) is 17.4. The largest absolute Gasteiger partial charge is 2.00 e. The van der Waals surface area contributed by atoms with Crippen LogP contribution in [0.1, 0.15) is 86.3 Å². The molecule has 8 aromatic rings. The first-order valence-corrected chi connectivity index (χ1v) is 18.5. The summed E-state index contributed by atoms with van der Waals surface area (Å²) in [5, 5.41) is 4.31. The Morgan fingerprint density at radius 3 is 1.30 bits per heavy atom. The summed E-state index contributed by atoms with van der Waals surface area (Å²) >= 11 is 0. The minimum Gasteiger partial charge on any atom is -0.501 e. The third-order valence-electron chi connectivity index (χ3n) is 9.73. The van der Waals surface area contributed by atoms with Crippen molar-refractivity contribution in [2.75, 3.05) is 0 Å². The SMILES string of the molecule is Cc1cc(C)c2c(c1)oc1c(-c3cnc(CC(C)(C)C)cn3)[c-]c(Cc3[c-]c(-c4cnc(CC(C)(C)C)cn4)c4oc5cc(C)cc(C)c5c4c3)cc12.[Pt+2]. The minimum absolute atomic E-state index is 0. The van der Waals surface area contributed by atoms with Crippen LogP contribution in [0.25, 0.3) is 66.4 Å². The summed E-state index contributed by atoms with van der Waals surface area (Å²) in [6.07, 6.45) is 9.77. The zero-order valence-corrected chi connectivity index (χ0v) is 35.1. The van der Waals surface area contributed by atoms with Gasteiger partial charge in [-0.1, -0.05) is 75.6 Å². The minimum atomic E-state index is 0. The molecule has 4 heterocycles. The summed E-state index contributed by atoms with van der Waals surface area (Å²) in [5.74, 6) is 0. The summed E-state index contributed by atoms with van der Waals surface area (Å²) in [5.41, 5.74) is 15.2. The summed E-state index contributed by atoms with van der Waals surface area (Å²) < 4.78 is 13.2. The smallest absolute Gasteiger partial charge is 0.501 e. The number of furan rings is 2. The van der Waals surface area contributed by atoms with Gasteiger partial charge in [0, 0.05) is 46.9 Å². The fourth-order valence-electron chi connectivity index (χ4n) is 7.76. The Balaban J connectivity index is 0.00000450. The third-order valence-corrected chi connectivity index (χ3v) is 9.73. The van der Waals surface area contributed by atoms with Crippen LogP contribution in [-0.2, 0) is 40.3 Å². The molecule has 0 unspecified atom stereocenters. The molecule has 7 heteroatoms. The fraction of sp³-hybridized carbons (Fsp3) is 0.319. The molecule has 8 rings (SSSR count). The fourth-order valence-corrected chi connectivity index (χ4v) is 7.76. The zero-order chi connectivity index (χ0) is 37.4. The molecule has 0 amide bonds. The number of aryl methyl sites for hydroxylation is 4. The summed E-state index contributed by atoms with van der Waals surface area (Å²) in [6, 6.07) is 20.5. The van der Waals surface area contributed by atoms with Crippen molar-refractivity contribution in [3.63, 3.8) is 0 Å². The van der Waals surface area contributed by atoms with Crippen LogP contribution in [-0.4, -0.2) is 19.9 Å². The van der Waals surface area contributed by atoms with Crippen LogP contribution in [0.2, 0.25) is 0 Å². The molecule has 0 aliphatic carbocycles. The maximum atomic E-state index is 6.62. The molecule has 0 N–H and O–H groups in total. The molecular weight excluding hydrogens is 848 g/mol. The molecule has 276 valence electrons. The van der Waals surface area contributed by atoms with E-state index in [9.17, 15) is 0 Å². The molecule has 0 aliphatic heterocycles. The first kappa shape index (κ1) is 37.6. The molecule has 4 aromatic heterocycles. The van der Waals surface area contributed by atoms with E-state index in [0.29, 0.717) is 6.42 Å². The van der Waals surface area contributed by atoms with Crippen LogP contribution >= 0.6 is 0 Å². The number of benzene rings is 4. The Kier molecular flexibility index (Phi) is 9.67. The van der Waals surface area contributed by atoms with Gasteiger partial charge in [0.2, 0.25) is 0 Å². The molecular formula is C47H46N4O2Pt. The molecule has 0 bridgehead atoms. The molecule has 6 nitrogen and oxygen atoms in total. The number of rotatable bonds is 6. The first-order valence-electron chi connectivity index (χ1n) is 18.5. The average molecular weight is 894 g/mol. The van der Waals surface area contributed by atoms with Gasteiger partial charge in [0.25, 0.3) is 0 Å². The Morgan fingerprint density at radius 2 is 0.944 bits per heavy atom. The van der Waals surface area contributed by atoms with E-state index in [1.165, 1.54) is 11.1 Å². The maximum Gasteiger partial charge on any atom is 2.00 e. The van der Waals surface area contributed by atoms with Crippen LogP contribution in [0.15, 0.2) is 70.0 Å². The number of hydrogen-bond donors (Lipinski definition) is 0. The van der Waals surface area contributed by atoms with Crippen LogP contribution in [0.3, 0.4) is 0 Å². The van der Waals surface area contributed by atoms with Crippen molar-refractivity contribution in [2.24, 2.45) is 10.8 Å². The Labute approximate surface area is 332 Å². The monoisotopic (exact) mass is 893 g/mol. The van der Waals surface area contributed by atoms with Crippen molar-refractivity contribution in [1.82, 2.24) is 19.9 Å². The number of fused-ring (bicyclic) bond motifs is 6. The van der Waals surface area contributed by atoms with Crippen molar-refractivity contribution in [3.05, 3.63) is 118 Å². The number of aromatic nitrogens is 4. The van der Waals surface area contributed by atoms with E-state index < -0.39 is 0 Å². The predicted molar refractivity (Wildman–Crippen MR) is 215 cm³/mol. The van der Waals surface area contributed by atoms with Crippen LogP contribution in [0, 0.1) is 50.7 Å². The van der Waals surface area contributed by atoms with E-state index in [-0.39, 0.29) is 31.9 Å². The Hall–Kier alpha value is -4.67. The first-order chi connectivity index (χ1) is 25.1. The van der Waals surface area contributed by atoms with Gasteiger partial charge in [0.15, 0.2) is 0 Å². The molecule has 0 aliphatic rings. The van der Waals surface area contributed by atoms with E-state index in [4.69, 9.17) is 28.8 Å². The summed E-state index contributed by atoms with van der Waals surface area (Å²) in [4.78, 5) is 19.5. The van der Waals surface area contributed by atoms with E-state index in [1.54, 1.807) is 0 Å². The number of hydrogen-bond acceptors (Lipinski definition) is 6. The predicted octanol–water partition coefficient (Wildman–Crippen LogP) is 12.0. The van der Waals surface area contributed by atoms with E-state index >= 15 is 0 Å². The molecule has 0 saturated heterocycles. The normalized spacial score (nSPS) is 12.3. The zero-order valence-electron chi connectivity index (χ0n) is 32.8. The second-order valence-electron chi connectivity index (χ2n) is 17.4.